The van der Waals surface area contributed by atoms with Crippen molar-refractivity contribution in [2.75, 3.05) is 31.1 Å². The summed E-state index contributed by atoms with van der Waals surface area (Å²) in [5.74, 6) is 2.31. The molecule has 0 N–H and O–H groups in total. The second kappa shape index (κ2) is 7.63. The van der Waals surface area contributed by atoms with Crippen LogP contribution in [0.1, 0.15) is 45.4 Å². The van der Waals surface area contributed by atoms with Crippen molar-refractivity contribution in [2.45, 2.75) is 39.5 Å². The van der Waals surface area contributed by atoms with Gasteiger partial charge in [-0.05, 0) is 38.8 Å². The molecule has 0 radical (unpaired) electrons. The summed E-state index contributed by atoms with van der Waals surface area (Å²) in [6.07, 6.45) is 3.71. The van der Waals surface area contributed by atoms with Crippen LogP contribution in [0.3, 0.4) is 0 Å². The van der Waals surface area contributed by atoms with Gasteiger partial charge >= 0.3 is 0 Å². The molecule has 0 unspecified atom stereocenters. The van der Waals surface area contributed by atoms with E-state index in [1.807, 2.05) is 17.0 Å². The Bertz CT molecular complexity index is 709. The number of anilines is 1. The van der Waals surface area contributed by atoms with Crippen molar-refractivity contribution in [2.24, 2.45) is 0 Å². The van der Waals surface area contributed by atoms with Gasteiger partial charge < -0.3 is 14.3 Å². The highest BCUT2D eigenvalue weighted by Gasteiger charge is 2.27. The minimum absolute atomic E-state index is 0.0978. The number of rotatable bonds is 5. The second-order valence-corrected chi connectivity index (χ2v) is 6.34. The first-order valence-corrected chi connectivity index (χ1v) is 8.92. The molecule has 25 heavy (non-hydrogen) atoms. The van der Waals surface area contributed by atoms with Crippen LogP contribution in [0.2, 0.25) is 0 Å². The van der Waals surface area contributed by atoms with E-state index < -0.39 is 0 Å². The summed E-state index contributed by atoms with van der Waals surface area (Å²) in [6, 6.07) is 3.95. The van der Waals surface area contributed by atoms with Crippen molar-refractivity contribution >= 4 is 11.7 Å². The van der Waals surface area contributed by atoms with Crippen molar-refractivity contribution in [3.8, 4) is 11.4 Å². The van der Waals surface area contributed by atoms with E-state index in [0.717, 1.165) is 43.9 Å². The largest absolute Gasteiger partial charge is 0.357 e. The molecular weight excluding hydrogens is 318 g/mol. The molecule has 1 amide bonds. The monoisotopic (exact) mass is 343 g/mol. The quantitative estimate of drug-likeness (QED) is 0.831. The fourth-order valence-corrected chi connectivity index (χ4v) is 3.24. The van der Waals surface area contributed by atoms with E-state index in [1.54, 1.807) is 13.1 Å². The molecule has 1 fully saturated rings. The first-order chi connectivity index (χ1) is 12.1. The van der Waals surface area contributed by atoms with Gasteiger partial charge in [-0.15, -0.1) is 0 Å². The minimum Gasteiger partial charge on any atom is -0.357 e. The Morgan fingerprint density at radius 1 is 1.36 bits per heavy atom. The van der Waals surface area contributed by atoms with Crippen molar-refractivity contribution in [3.63, 3.8) is 0 Å². The van der Waals surface area contributed by atoms with Crippen LogP contribution in [0.25, 0.3) is 11.4 Å². The van der Waals surface area contributed by atoms with Crippen molar-refractivity contribution in [1.82, 2.24) is 20.0 Å². The summed E-state index contributed by atoms with van der Waals surface area (Å²) in [4.78, 5) is 24.7. The number of carbonyl (C=O) groups excluding carboxylic acids is 1. The maximum absolute atomic E-state index is 11.6. The predicted molar refractivity (Wildman–Crippen MR) is 95.3 cm³/mol. The number of aromatic nitrogens is 3. The molecule has 1 saturated heterocycles. The van der Waals surface area contributed by atoms with E-state index in [2.05, 4.69) is 33.9 Å². The fraction of sp³-hybridized carbons (Fsp3) is 0.556. The van der Waals surface area contributed by atoms with Crippen LogP contribution in [0.15, 0.2) is 22.9 Å². The Morgan fingerprint density at radius 2 is 2.16 bits per heavy atom. The molecule has 3 heterocycles. The van der Waals surface area contributed by atoms with E-state index >= 15 is 0 Å². The number of piperidine rings is 1. The van der Waals surface area contributed by atoms with Gasteiger partial charge in [0.25, 0.3) is 0 Å². The summed E-state index contributed by atoms with van der Waals surface area (Å²) in [7, 11) is 0. The minimum atomic E-state index is 0.0978. The number of hydrogen-bond acceptors (Lipinski definition) is 6. The number of likely N-dealkylation sites (tertiary alicyclic amines) is 1. The lowest BCUT2D eigenvalue weighted by molar-refractivity contribution is -0.130. The summed E-state index contributed by atoms with van der Waals surface area (Å²) in [6.45, 7) is 9.12. The Kier molecular flexibility index (Phi) is 5.31. The van der Waals surface area contributed by atoms with Crippen molar-refractivity contribution in [1.29, 1.82) is 0 Å². The molecular formula is C18H25N5O2. The van der Waals surface area contributed by atoms with Gasteiger partial charge in [0, 0.05) is 44.9 Å². The molecule has 2 aromatic heterocycles. The van der Waals surface area contributed by atoms with Gasteiger partial charge in [0.2, 0.25) is 17.6 Å². The summed E-state index contributed by atoms with van der Waals surface area (Å²) in [5, 5.41) is 4.10. The van der Waals surface area contributed by atoms with Crippen LogP contribution in [0.5, 0.6) is 0 Å². The summed E-state index contributed by atoms with van der Waals surface area (Å²) >= 11 is 0. The standard InChI is InChI=1S/C18H25N5O2/c1-4-22(5-2)16-9-8-14(11-19-16)17-20-18(25-21-17)15-7-6-10-23(12-15)13(3)24/h8-9,11,15H,4-7,10,12H2,1-3H3/t15-/m0/s1. The zero-order valence-electron chi connectivity index (χ0n) is 15.1. The van der Waals surface area contributed by atoms with Crippen LogP contribution in [0, 0.1) is 0 Å². The lowest BCUT2D eigenvalue weighted by Gasteiger charge is -2.29. The average molecular weight is 343 g/mol. The van der Waals surface area contributed by atoms with Crippen LogP contribution in [0.4, 0.5) is 5.82 Å². The molecule has 7 nitrogen and oxygen atoms in total. The predicted octanol–water partition coefficient (Wildman–Crippen LogP) is 2.70. The molecule has 1 aliphatic heterocycles. The number of hydrogen-bond donors (Lipinski definition) is 0. The van der Waals surface area contributed by atoms with E-state index in [9.17, 15) is 4.79 Å². The van der Waals surface area contributed by atoms with Gasteiger partial charge in [-0.25, -0.2) is 4.98 Å². The molecule has 0 aliphatic carbocycles. The fourth-order valence-electron chi connectivity index (χ4n) is 3.24. The molecule has 7 heteroatoms. The number of amides is 1. The van der Waals surface area contributed by atoms with Crippen LogP contribution >= 0.6 is 0 Å². The van der Waals surface area contributed by atoms with Crippen LogP contribution in [-0.4, -0.2) is 52.1 Å². The third-order valence-electron chi connectivity index (χ3n) is 4.75. The molecule has 0 bridgehead atoms. The van der Waals surface area contributed by atoms with Crippen LogP contribution in [-0.2, 0) is 4.79 Å². The normalized spacial score (nSPS) is 17.6. The number of nitrogens with zero attached hydrogens (tertiary/aromatic N) is 5. The maximum atomic E-state index is 11.6. The lowest BCUT2D eigenvalue weighted by atomic mass is 9.98. The van der Waals surface area contributed by atoms with Gasteiger partial charge in [0.15, 0.2) is 0 Å². The van der Waals surface area contributed by atoms with E-state index in [1.165, 1.54) is 0 Å². The molecule has 0 spiro atoms. The average Bonchev–Trinajstić information content (AvgIpc) is 3.13. The van der Waals surface area contributed by atoms with Gasteiger partial charge in [-0.3, -0.25) is 4.79 Å². The van der Waals surface area contributed by atoms with E-state index in [4.69, 9.17) is 4.52 Å². The molecule has 1 aliphatic rings. The molecule has 3 rings (SSSR count). The second-order valence-electron chi connectivity index (χ2n) is 6.34. The lowest BCUT2D eigenvalue weighted by Crippen LogP contribution is -2.37. The SMILES string of the molecule is CCN(CC)c1ccc(-c2noc([C@H]3CCCN(C(C)=O)C3)n2)cn1. The third kappa shape index (κ3) is 3.81. The third-order valence-corrected chi connectivity index (χ3v) is 4.75. The van der Waals surface area contributed by atoms with E-state index in [0.29, 0.717) is 18.3 Å². The number of pyridine rings is 1. The Morgan fingerprint density at radius 3 is 2.80 bits per heavy atom. The van der Waals surface area contributed by atoms with E-state index in [-0.39, 0.29) is 11.8 Å². The summed E-state index contributed by atoms with van der Waals surface area (Å²) < 4.78 is 5.47. The Balaban J connectivity index is 1.74. The van der Waals surface area contributed by atoms with Gasteiger partial charge in [0.05, 0.1) is 5.92 Å². The van der Waals surface area contributed by atoms with Gasteiger partial charge in [-0.1, -0.05) is 5.16 Å². The molecule has 0 aromatic carbocycles. The summed E-state index contributed by atoms with van der Waals surface area (Å²) in [5.41, 5.74) is 0.838. The number of carbonyl (C=O) groups is 1. The van der Waals surface area contributed by atoms with Crippen molar-refractivity contribution in [3.05, 3.63) is 24.2 Å². The molecule has 134 valence electrons. The zero-order valence-corrected chi connectivity index (χ0v) is 15.1. The highest BCUT2D eigenvalue weighted by atomic mass is 16.5. The van der Waals surface area contributed by atoms with Gasteiger partial charge in [0.1, 0.15) is 5.82 Å². The maximum Gasteiger partial charge on any atom is 0.231 e. The zero-order chi connectivity index (χ0) is 17.8. The highest BCUT2D eigenvalue weighted by Crippen LogP contribution is 2.27. The topological polar surface area (TPSA) is 75.4 Å². The van der Waals surface area contributed by atoms with Crippen LogP contribution < -0.4 is 4.90 Å². The molecule has 0 saturated carbocycles. The smallest absolute Gasteiger partial charge is 0.231 e. The Labute approximate surface area is 148 Å². The van der Waals surface area contributed by atoms with Crippen molar-refractivity contribution < 1.29 is 9.32 Å². The molecule has 1 atom stereocenters. The highest BCUT2D eigenvalue weighted by molar-refractivity contribution is 5.73. The first-order valence-electron chi connectivity index (χ1n) is 8.92. The first kappa shape index (κ1) is 17.4. The van der Waals surface area contributed by atoms with Gasteiger partial charge in [-0.2, -0.15) is 4.98 Å². The Hall–Kier alpha value is -2.44. The molecule has 2 aromatic rings.